The molecular weight excluding hydrogens is 156 g/mol. The molecule has 1 saturated heterocycles. The van der Waals surface area contributed by atoms with E-state index in [9.17, 15) is 9.59 Å². The Morgan fingerprint density at radius 2 is 1.91 bits per heavy atom. The molecule has 0 aromatic rings. The first kappa shape index (κ1) is 7.96. The summed E-state index contributed by atoms with van der Waals surface area (Å²) in [5.74, 6) is -2.53. The quantitative estimate of drug-likeness (QED) is 0.535. The first-order chi connectivity index (χ1) is 5.11. The maximum absolute atomic E-state index is 10.2. The van der Waals surface area contributed by atoms with E-state index in [1.165, 1.54) is 0 Å². The van der Waals surface area contributed by atoms with Gasteiger partial charge < -0.3 is 19.7 Å². The lowest BCUT2D eigenvalue weighted by Crippen LogP contribution is -2.25. The number of carboxylic acid groups (broad SMARTS) is 2. The van der Waals surface area contributed by atoms with Crippen molar-refractivity contribution in [3.63, 3.8) is 0 Å². The molecule has 62 valence electrons. The maximum atomic E-state index is 10.2. The third kappa shape index (κ3) is 1.66. The van der Waals surface area contributed by atoms with E-state index < -0.39 is 24.3 Å². The summed E-state index contributed by atoms with van der Waals surface area (Å²) in [5, 5.41) is 16.6. The highest BCUT2D eigenvalue weighted by Crippen LogP contribution is 2.11. The van der Waals surface area contributed by atoms with Crippen molar-refractivity contribution < 1.29 is 29.3 Å². The second-order valence-corrected chi connectivity index (χ2v) is 1.97. The Bertz CT molecular complexity index is 167. The molecule has 1 fully saturated rings. The molecule has 2 N–H and O–H groups in total. The standard InChI is InChI=1S/C5H6O6/c6-3(7)2-1-10-5(11-2)4(8)9/h2,5H,1H2,(H,6,7)(H,8,9)/t2-,5-/m1/s1. The second kappa shape index (κ2) is 2.85. The summed E-state index contributed by atoms with van der Waals surface area (Å²) in [6.45, 7) is -0.216. The zero-order chi connectivity index (χ0) is 8.43. The van der Waals surface area contributed by atoms with E-state index in [-0.39, 0.29) is 6.61 Å². The number of hydrogen-bond acceptors (Lipinski definition) is 4. The summed E-state index contributed by atoms with van der Waals surface area (Å²) < 4.78 is 8.95. The lowest BCUT2D eigenvalue weighted by molar-refractivity contribution is -0.170. The van der Waals surface area contributed by atoms with Crippen LogP contribution in [0, 0.1) is 0 Å². The lowest BCUT2D eigenvalue weighted by atomic mass is 10.4. The monoisotopic (exact) mass is 162 g/mol. The van der Waals surface area contributed by atoms with Crippen LogP contribution in [0.5, 0.6) is 0 Å². The molecule has 0 spiro atoms. The fourth-order valence-corrected chi connectivity index (χ4v) is 0.662. The van der Waals surface area contributed by atoms with Gasteiger partial charge in [0.25, 0.3) is 6.29 Å². The summed E-state index contributed by atoms with van der Waals surface area (Å²) in [5.41, 5.74) is 0. The summed E-state index contributed by atoms with van der Waals surface area (Å²) in [7, 11) is 0. The molecule has 0 saturated carbocycles. The highest BCUT2D eigenvalue weighted by molar-refractivity contribution is 5.75. The van der Waals surface area contributed by atoms with Crippen molar-refractivity contribution in [1.82, 2.24) is 0 Å². The van der Waals surface area contributed by atoms with Crippen LogP contribution in [-0.2, 0) is 19.1 Å². The average molecular weight is 162 g/mol. The van der Waals surface area contributed by atoms with Crippen LogP contribution >= 0.6 is 0 Å². The number of ether oxygens (including phenoxy) is 2. The van der Waals surface area contributed by atoms with E-state index in [1.54, 1.807) is 0 Å². The molecule has 1 rings (SSSR count). The Morgan fingerprint density at radius 3 is 2.18 bits per heavy atom. The first-order valence-corrected chi connectivity index (χ1v) is 2.84. The van der Waals surface area contributed by atoms with E-state index >= 15 is 0 Å². The molecule has 0 aliphatic carbocycles. The highest BCUT2D eigenvalue weighted by Gasteiger charge is 2.35. The van der Waals surface area contributed by atoms with Crippen molar-refractivity contribution in [1.29, 1.82) is 0 Å². The fourth-order valence-electron chi connectivity index (χ4n) is 0.662. The Morgan fingerprint density at radius 1 is 1.27 bits per heavy atom. The predicted molar refractivity (Wildman–Crippen MR) is 29.9 cm³/mol. The van der Waals surface area contributed by atoms with Crippen molar-refractivity contribution in [3.05, 3.63) is 0 Å². The summed E-state index contributed by atoms with van der Waals surface area (Å²) >= 11 is 0. The van der Waals surface area contributed by atoms with Gasteiger partial charge in [0.05, 0.1) is 6.61 Å². The van der Waals surface area contributed by atoms with Crippen LogP contribution < -0.4 is 0 Å². The van der Waals surface area contributed by atoms with Gasteiger partial charge in [0, 0.05) is 0 Å². The first-order valence-electron chi connectivity index (χ1n) is 2.84. The Kier molecular flexibility index (Phi) is 2.06. The smallest absolute Gasteiger partial charge is 0.361 e. The third-order valence-electron chi connectivity index (χ3n) is 1.16. The minimum Gasteiger partial charge on any atom is -0.479 e. The van der Waals surface area contributed by atoms with Crippen molar-refractivity contribution in [2.75, 3.05) is 6.61 Å². The van der Waals surface area contributed by atoms with Crippen LogP contribution in [0.4, 0.5) is 0 Å². The molecule has 0 unspecified atom stereocenters. The van der Waals surface area contributed by atoms with Gasteiger partial charge in [-0.05, 0) is 0 Å². The highest BCUT2D eigenvalue weighted by atomic mass is 16.7. The van der Waals surface area contributed by atoms with Gasteiger partial charge in [0.1, 0.15) is 0 Å². The van der Waals surface area contributed by atoms with E-state index in [4.69, 9.17) is 10.2 Å². The van der Waals surface area contributed by atoms with Crippen molar-refractivity contribution in [2.24, 2.45) is 0 Å². The van der Waals surface area contributed by atoms with Gasteiger partial charge in [-0.3, -0.25) is 0 Å². The van der Waals surface area contributed by atoms with Crippen LogP contribution in [0.1, 0.15) is 0 Å². The minimum atomic E-state index is -1.43. The van der Waals surface area contributed by atoms with Gasteiger partial charge in [0.2, 0.25) is 0 Å². The van der Waals surface area contributed by atoms with Crippen LogP contribution in [0.15, 0.2) is 0 Å². The van der Waals surface area contributed by atoms with Crippen LogP contribution in [-0.4, -0.2) is 41.2 Å². The molecule has 2 atom stereocenters. The minimum absolute atomic E-state index is 0.216. The Hall–Kier alpha value is -1.14. The molecule has 1 aliphatic heterocycles. The molecule has 0 amide bonds. The summed E-state index contributed by atoms with van der Waals surface area (Å²) in [4.78, 5) is 20.3. The summed E-state index contributed by atoms with van der Waals surface area (Å²) in [6, 6.07) is 0. The molecule has 1 heterocycles. The van der Waals surface area contributed by atoms with E-state index in [2.05, 4.69) is 9.47 Å². The average Bonchev–Trinajstić information content (AvgIpc) is 2.33. The van der Waals surface area contributed by atoms with Crippen LogP contribution in [0.3, 0.4) is 0 Å². The summed E-state index contributed by atoms with van der Waals surface area (Å²) in [6.07, 6.45) is -2.59. The van der Waals surface area contributed by atoms with E-state index in [0.29, 0.717) is 0 Å². The van der Waals surface area contributed by atoms with Crippen molar-refractivity contribution in [3.8, 4) is 0 Å². The largest absolute Gasteiger partial charge is 0.479 e. The van der Waals surface area contributed by atoms with Crippen LogP contribution in [0.25, 0.3) is 0 Å². The third-order valence-corrected chi connectivity index (χ3v) is 1.16. The number of carbonyl (C=O) groups is 2. The number of rotatable bonds is 2. The molecular formula is C5H6O6. The number of hydrogen-bond donors (Lipinski definition) is 2. The SMILES string of the molecule is O=C(O)[C@@H]1OC[C@H](C(=O)O)O1. The van der Waals surface area contributed by atoms with Crippen LogP contribution in [0.2, 0.25) is 0 Å². The predicted octanol–water partition coefficient (Wildman–Crippen LogP) is -1.10. The van der Waals surface area contributed by atoms with Gasteiger partial charge in [-0.25, -0.2) is 9.59 Å². The van der Waals surface area contributed by atoms with Crippen molar-refractivity contribution >= 4 is 11.9 Å². The fraction of sp³-hybridized carbons (Fsp3) is 0.600. The van der Waals surface area contributed by atoms with Gasteiger partial charge in [-0.2, -0.15) is 0 Å². The zero-order valence-corrected chi connectivity index (χ0v) is 5.39. The normalized spacial score (nSPS) is 30.2. The zero-order valence-electron chi connectivity index (χ0n) is 5.39. The second-order valence-electron chi connectivity index (χ2n) is 1.97. The molecule has 1 aliphatic rings. The van der Waals surface area contributed by atoms with Gasteiger partial charge in [-0.1, -0.05) is 0 Å². The van der Waals surface area contributed by atoms with Gasteiger partial charge in [-0.15, -0.1) is 0 Å². The molecule has 0 aromatic carbocycles. The van der Waals surface area contributed by atoms with Gasteiger partial charge >= 0.3 is 11.9 Å². The molecule has 6 heteroatoms. The Balaban J connectivity index is 2.47. The van der Waals surface area contributed by atoms with E-state index in [0.717, 1.165) is 0 Å². The van der Waals surface area contributed by atoms with E-state index in [1.807, 2.05) is 0 Å². The lowest BCUT2D eigenvalue weighted by Gasteiger charge is -2.02. The number of aliphatic carboxylic acids is 2. The molecule has 6 nitrogen and oxygen atoms in total. The molecule has 0 bridgehead atoms. The molecule has 0 aromatic heterocycles. The maximum Gasteiger partial charge on any atom is 0.361 e. The molecule has 0 radical (unpaired) electrons. The topological polar surface area (TPSA) is 93.1 Å². The Labute approximate surface area is 61.3 Å². The van der Waals surface area contributed by atoms with Gasteiger partial charge in [0.15, 0.2) is 6.10 Å². The molecule has 11 heavy (non-hydrogen) atoms. The van der Waals surface area contributed by atoms with Crippen molar-refractivity contribution in [2.45, 2.75) is 12.4 Å². The number of carboxylic acids is 2.